The van der Waals surface area contributed by atoms with Crippen molar-refractivity contribution in [2.45, 2.75) is 290 Å². The smallest absolute Gasteiger partial charge is 0.335 e. The molecule has 37 nitrogen and oxygen atoms in total. The fourth-order valence-electron chi connectivity index (χ4n) is 19.8. The van der Waals surface area contributed by atoms with Crippen LogP contribution < -0.4 is 5.32 Å². The minimum absolute atomic E-state index is 0.00116. The maximum absolute atomic E-state index is 16.0. The minimum Gasteiger partial charge on any atom is -0.479 e. The first kappa shape index (κ1) is 85.5. The highest BCUT2D eigenvalue weighted by atomic mass is 16.8. The molecule has 0 bridgehead atoms. The van der Waals surface area contributed by atoms with Crippen molar-refractivity contribution >= 4 is 24.1 Å². The van der Waals surface area contributed by atoms with Gasteiger partial charge in [0.1, 0.15) is 128 Å². The summed E-state index contributed by atoms with van der Waals surface area (Å²) in [5, 5.41) is 191. The van der Waals surface area contributed by atoms with Crippen molar-refractivity contribution in [1.82, 2.24) is 5.32 Å². The van der Waals surface area contributed by atoms with Gasteiger partial charge in [0, 0.05) is 7.11 Å². The van der Waals surface area contributed by atoms with Crippen LogP contribution >= 0.6 is 0 Å². The van der Waals surface area contributed by atoms with Gasteiger partial charge in [0.05, 0.1) is 82.6 Å². The third-order valence-electron chi connectivity index (χ3n) is 26.2. The predicted molar refractivity (Wildman–Crippen MR) is 356 cm³/mol. The summed E-state index contributed by atoms with van der Waals surface area (Å²) in [7, 11) is 1.50. The van der Waals surface area contributed by atoms with Crippen molar-refractivity contribution in [1.29, 1.82) is 0 Å². The first-order valence-corrected chi connectivity index (χ1v) is 37.3. The summed E-state index contributed by atoms with van der Waals surface area (Å²) in [6.45, 7) is 10.8. The summed E-state index contributed by atoms with van der Waals surface area (Å²) in [4.78, 5) is 56.9. The predicted octanol–water partition coefficient (Wildman–Crippen LogP) is -6.04. The topological polar surface area (TPSA) is 563 Å². The van der Waals surface area contributed by atoms with Gasteiger partial charge in [-0.25, -0.2) is 4.79 Å². The molecule has 0 aromatic carbocycles. The Bertz CT molecular complexity index is 3100. The van der Waals surface area contributed by atoms with Gasteiger partial charge in [0.15, 0.2) is 43.7 Å². The number of carbonyl (C=O) groups excluding carboxylic acids is 3. The largest absolute Gasteiger partial charge is 0.479 e. The molecular weight excluding hydrogens is 1440 g/mol. The molecule has 10 fully saturated rings. The van der Waals surface area contributed by atoms with E-state index in [0.29, 0.717) is 45.1 Å². The normalized spacial score (nSPS) is 50.2. The molecule has 0 spiro atoms. The summed E-state index contributed by atoms with van der Waals surface area (Å²) in [6.07, 6.45) is -47.2. The molecule has 18 N–H and O–H groups in total. The zero-order valence-corrected chi connectivity index (χ0v) is 61.8. The molecule has 6 aliphatic heterocycles. The number of esters is 1. The molecule has 4 saturated carbocycles. The second-order valence-electron chi connectivity index (χ2n) is 33.0. The van der Waals surface area contributed by atoms with Crippen LogP contribution in [0.25, 0.3) is 0 Å². The molecular formula is C71H113NO36. The average molecular weight is 1560 g/mol. The third-order valence-corrected chi connectivity index (χ3v) is 26.2. The molecule has 38 atom stereocenters. The van der Waals surface area contributed by atoms with Crippen LogP contribution in [0.5, 0.6) is 0 Å². The number of aliphatic hydroxyl groups is 16. The van der Waals surface area contributed by atoms with E-state index >= 15 is 4.79 Å². The van der Waals surface area contributed by atoms with Crippen molar-refractivity contribution in [3.8, 4) is 0 Å². The van der Waals surface area contributed by atoms with Gasteiger partial charge in [-0.1, -0.05) is 53.2 Å². The Morgan fingerprint density at radius 1 is 0.565 bits per heavy atom. The number of amides is 1. The second kappa shape index (κ2) is 33.8. The van der Waals surface area contributed by atoms with Crippen molar-refractivity contribution in [2.24, 2.45) is 50.2 Å². The van der Waals surface area contributed by atoms with Crippen molar-refractivity contribution < 1.29 is 177 Å². The van der Waals surface area contributed by atoms with E-state index in [-0.39, 0.29) is 45.0 Å². The number of aliphatic carboxylic acids is 1. The molecule has 19 unspecified atom stereocenters. The van der Waals surface area contributed by atoms with E-state index in [2.05, 4.69) is 46.0 Å². The highest BCUT2D eigenvalue weighted by molar-refractivity contribution is 5.80. The molecule has 5 aliphatic carbocycles. The molecule has 618 valence electrons. The number of carbonyl (C=O) groups is 4. The van der Waals surface area contributed by atoms with Crippen molar-refractivity contribution in [2.75, 3.05) is 66.6 Å². The average Bonchev–Trinajstić information content (AvgIpc) is 0.670. The number of nitrogens with one attached hydrogen (secondary N) is 1. The standard InChI is InChI=1S/C71H113NO36/c1-29-53(103-59-48(86)42(80)32(76)25-97-59)47(85)51(89)61(99-29)106-56-45(83)41(72-40(79)27-96-20-19-95-18-17-94-8)34(23-73)100-63(56)108-65(93)71-16-15-66(2,3)21-31(71)30-9-10-37-67(4)13-12-39(68(5,28-75)36(67)11-14-69(37,6)70(30,7)22-38(71)78)102-64-57(107-62-50(88)46(84)44(82)35(24-74)101-62)54(52(90)55(105-64)58(91)92)104-60-49(87)43(81)33(77)26-98-60/h9,28-29,31-39,41-57,59-64,73-74,76-78,80-90H,10-27H2,1-8H3,(H,72,79)(H,91,92)/t29?,31?,32-,33-,34?,35?,36+,37?,38?,39-,41-,42?,43-,44-,45?,46-,47?,48?,49?,50?,51?,52+,53-,54-,55?,56?,57?,59-,60-,61-,62-,63-,64+,67?,68+,69?,70?,71+/m0/s1. The lowest BCUT2D eigenvalue weighted by molar-refractivity contribution is -0.391. The number of fused-ring (bicyclic) bond motifs is 7. The highest BCUT2D eigenvalue weighted by Gasteiger charge is 2.73. The summed E-state index contributed by atoms with van der Waals surface area (Å²) >= 11 is 0. The summed E-state index contributed by atoms with van der Waals surface area (Å²) in [5.41, 5.74) is -5.09. The SMILES string of the molecule is COCCOCCOCC(=O)N[C@H]1C(CO)O[C@@H](OC(=O)[C@]23CCC(C)(C)CC2C2=CCC4C5(C)CC[C@H](O[C@@H]6OC(C(=O)O)[C@H](O)[C@H](O[C@@H]7OC[C@H](O)[C@H](O)C7O)C6O[C@@H]6OC(CO)[C@H](O)[C@H](O)C6O)[C@](C)(C=O)[C@@H]5CCC4(C)C2(C)CC3O)C(O[C@@H]2OC(C)[C@H](O[C@@H]3OC[C@H](O)C(O)C3O)C(O)C2O)C1O. The summed E-state index contributed by atoms with van der Waals surface area (Å²) < 4.78 is 88.6. The van der Waals surface area contributed by atoms with Crippen LogP contribution in [-0.2, 0) is 90.2 Å². The van der Waals surface area contributed by atoms with E-state index in [1.54, 1.807) is 6.92 Å². The molecule has 0 aromatic heterocycles. The number of methoxy groups -OCH3 is 1. The van der Waals surface area contributed by atoms with Gasteiger partial charge in [-0.15, -0.1) is 0 Å². The second-order valence-corrected chi connectivity index (χ2v) is 33.0. The first-order chi connectivity index (χ1) is 50.9. The lowest BCUT2D eigenvalue weighted by atomic mass is 9.33. The number of hydrogen-bond donors (Lipinski definition) is 18. The van der Waals surface area contributed by atoms with Crippen LogP contribution in [0.15, 0.2) is 11.6 Å². The van der Waals surface area contributed by atoms with Crippen LogP contribution in [0.1, 0.15) is 106 Å². The number of carboxylic acid groups (broad SMARTS) is 1. The van der Waals surface area contributed by atoms with Gasteiger partial charge in [-0.05, 0) is 104 Å². The van der Waals surface area contributed by atoms with E-state index in [0.717, 1.165) is 11.9 Å². The third kappa shape index (κ3) is 15.7. The van der Waals surface area contributed by atoms with Gasteiger partial charge in [-0.2, -0.15) is 0 Å². The van der Waals surface area contributed by atoms with Crippen molar-refractivity contribution in [3.05, 3.63) is 11.6 Å². The van der Waals surface area contributed by atoms with Crippen LogP contribution in [-0.4, -0.2) is 362 Å². The Balaban J connectivity index is 0.868. The number of aliphatic hydroxyl groups excluding tert-OH is 16. The molecule has 1 amide bonds. The zero-order chi connectivity index (χ0) is 78.8. The minimum atomic E-state index is -2.23. The van der Waals surface area contributed by atoms with Crippen LogP contribution in [0.3, 0.4) is 0 Å². The van der Waals surface area contributed by atoms with Crippen LogP contribution in [0.2, 0.25) is 0 Å². The Hall–Kier alpha value is -3.38. The van der Waals surface area contributed by atoms with Crippen LogP contribution in [0, 0.1) is 50.2 Å². The quantitative estimate of drug-likeness (QED) is 0.0133. The molecule has 37 heteroatoms. The number of hydrogen-bond acceptors (Lipinski definition) is 35. The Morgan fingerprint density at radius 3 is 1.78 bits per heavy atom. The molecule has 6 heterocycles. The van der Waals surface area contributed by atoms with E-state index in [4.69, 9.17) is 71.1 Å². The summed E-state index contributed by atoms with van der Waals surface area (Å²) in [5.74, 6) is -5.02. The zero-order valence-electron chi connectivity index (χ0n) is 61.8. The first-order valence-electron chi connectivity index (χ1n) is 37.3. The molecule has 11 rings (SSSR count). The van der Waals surface area contributed by atoms with Gasteiger partial charge in [0.2, 0.25) is 12.2 Å². The molecule has 0 aromatic rings. The van der Waals surface area contributed by atoms with Gasteiger partial charge in [0.25, 0.3) is 0 Å². The fourth-order valence-corrected chi connectivity index (χ4v) is 19.8. The summed E-state index contributed by atoms with van der Waals surface area (Å²) in [6, 6.07) is -1.55. The maximum Gasteiger partial charge on any atom is 0.335 e. The Morgan fingerprint density at radius 2 is 1.15 bits per heavy atom. The number of rotatable bonds is 25. The fraction of sp³-hybridized carbons (Fsp3) is 0.915. The Kier molecular flexibility index (Phi) is 26.8. The highest BCUT2D eigenvalue weighted by Crippen LogP contribution is 2.76. The monoisotopic (exact) mass is 1560 g/mol. The number of carboxylic acids is 1. The van der Waals surface area contributed by atoms with E-state index in [1.165, 1.54) is 14.0 Å². The Labute approximate surface area is 623 Å². The number of ether oxygens (including phenoxy) is 15. The van der Waals surface area contributed by atoms with E-state index in [1.807, 2.05) is 0 Å². The van der Waals surface area contributed by atoms with Gasteiger partial charge in [-0.3, -0.25) is 9.59 Å². The molecule has 6 saturated heterocycles. The number of aldehydes is 1. The van der Waals surface area contributed by atoms with E-state index in [9.17, 15) is 101 Å². The maximum atomic E-state index is 16.0. The van der Waals surface area contributed by atoms with Crippen LogP contribution in [0.4, 0.5) is 0 Å². The van der Waals surface area contributed by atoms with E-state index < -0.39 is 279 Å². The van der Waals surface area contributed by atoms with Gasteiger partial charge >= 0.3 is 11.9 Å². The molecule has 108 heavy (non-hydrogen) atoms. The number of allylic oxidation sites excluding steroid dienone is 2. The van der Waals surface area contributed by atoms with Crippen molar-refractivity contribution in [3.63, 3.8) is 0 Å². The lowest BCUT2D eigenvalue weighted by Crippen LogP contribution is -2.70. The molecule has 11 aliphatic rings. The van der Waals surface area contributed by atoms with Gasteiger partial charge < -0.3 is 168 Å². The molecule has 0 radical (unpaired) electrons. The lowest BCUT2D eigenvalue weighted by Gasteiger charge is -2.71.